The Kier molecular flexibility index (Phi) is 35.8. The molecule has 0 spiro atoms. The van der Waals surface area contributed by atoms with E-state index in [0.29, 0.717) is 12.8 Å². The first-order valence-electron chi connectivity index (χ1n) is 24.5. The van der Waals surface area contributed by atoms with Gasteiger partial charge in [-0.3, -0.25) is 18.6 Å². The lowest BCUT2D eigenvalue weighted by Gasteiger charge is -2.41. The number of ether oxygens (including phenoxy) is 2. The van der Waals surface area contributed by atoms with Gasteiger partial charge >= 0.3 is 19.8 Å². The van der Waals surface area contributed by atoms with Gasteiger partial charge in [0.15, 0.2) is 6.10 Å². The van der Waals surface area contributed by atoms with Crippen molar-refractivity contribution in [2.45, 2.75) is 262 Å². The molecule has 61 heavy (non-hydrogen) atoms. The van der Waals surface area contributed by atoms with Gasteiger partial charge in [0, 0.05) is 12.8 Å². The van der Waals surface area contributed by atoms with Crippen LogP contribution in [0.15, 0.2) is 12.2 Å². The highest BCUT2D eigenvalue weighted by molar-refractivity contribution is 7.47. The monoisotopic (exact) mass is 893 g/mol. The van der Waals surface area contributed by atoms with Crippen molar-refractivity contribution in [3.05, 3.63) is 12.2 Å². The maximum atomic E-state index is 12.8. The molecule has 6 unspecified atom stereocenters. The first kappa shape index (κ1) is 57.6. The van der Waals surface area contributed by atoms with Crippen LogP contribution in [0.2, 0.25) is 0 Å². The summed E-state index contributed by atoms with van der Waals surface area (Å²) in [7, 11) is -5.11. The molecule has 1 aliphatic carbocycles. The number of esters is 2. The van der Waals surface area contributed by atoms with E-state index in [1.54, 1.807) is 0 Å². The van der Waals surface area contributed by atoms with Crippen molar-refractivity contribution in [3.8, 4) is 0 Å². The van der Waals surface area contributed by atoms with E-state index in [4.69, 9.17) is 18.5 Å². The van der Waals surface area contributed by atoms with Crippen molar-refractivity contribution in [1.29, 1.82) is 0 Å². The Bertz CT molecular complexity index is 1120. The second kappa shape index (κ2) is 37.9. The van der Waals surface area contributed by atoms with Crippen LogP contribution in [0.25, 0.3) is 0 Å². The Morgan fingerprint density at radius 3 is 1.31 bits per heavy atom. The van der Waals surface area contributed by atoms with Gasteiger partial charge in [-0.2, -0.15) is 0 Å². The van der Waals surface area contributed by atoms with Crippen LogP contribution in [-0.4, -0.2) is 98.3 Å². The summed E-state index contributed by atoms with van der Waals surface area (Å²) in [4.78, 5) is 35.6. The van der Waals surface area contributed by atoms with Gasteiger partial charge in [-0.1, -0.05) is 187 Å². The van der Waals surface area contributed by atoms with Crippen LogP contribution in [-0.2, 0) is 32.7 Å². The van der Waals surface area contributed by atoms with E-state index in [0.717, 1.165) is 64.2 Å². The fraction of sp³-hybridized carbons (Fsp3) is 0.915. The summed E-state index contributed by atoms with van der Waals surface area (Å²) < 4.78 is 33.5. The van der Waals surface area contributed by atoms with E-state index in [-0.39, 0.29) is 12.8 Å². The molecule has 13 nitrogen and oxygen atoms in total. The Morgan fingerprint density at radius 2 is 0.869 bits per heavy atom. The summed E-state index contributed by atoms with van der Waals surface area (Å²) >= 11 is 0. The van der Waals surface area contributed by atoms with Gasteiger partial charge in [0.25, 0.3) is 0 Å². The lowest BCUT2D eigenvalue weighted by atomic mass is 9.85. The largest absolute Gasteiger partial charge is 0.472 e. The minimum Gasteiger partial charge on any atom is -0.462 e. The molecular weight excluding hydrogens is 803 g/mol. The second-order valence-corrected chi connectivity index (χ2v) is 18.7. The van der Waals surface area contributed by atoms with Crippen LogP contribution in [0.5, 0.6) is 0 Å². The number of rotatable bonds is 41. The predicted molar refractivity (Wildman–Crippen MR) is 240 cm³/mol. The fourth-order valence-corrected chi connectivity index (χ4v) is 8.62. The molecule has 14 heteroatoms. The average Bonchev–Trinajstić information content (AvgIpc) is 3.24. The summed E-state index contributed by atoms with van der Waals surface area (Å²) in [6, 6.07) is 0. The molecule has 0 bridgehead atoms. The number of phosphoric ester groups is 1. The molecule has 360 valence electrons. The van der Waals surface area contributed by atoms with Gasteiger partial charge in [0.2, 0.25) is 0 Å². The molecule has 1 rings (SSSR count). The molecule has 0 saturated heterocycles. The van der Waals surface area contributed by atoms with Gasteiger partial charge in [-0.15, -0.1) is 0 Å². The third kappa shape index (κ3) is 30.4. The van der Waals surface area contributed by atoms with Crippen LogP contribution in [0.4, 0.5) is 0 Å². The van der Waals surface area contributed by atoms with Gasteiger partial charge in [-0.25, -0.2) is 4.57 Å². The summed E-state index contributed by atoms with van der Waals surface area (Å²) in [6.45, 7) is 3.24. The molecule has 0 aromatic carbocycles. The Hall–Kier alpha value is -1.41. The van der Waals surface area contributed by atoms with Crippen molar-refractivity contribution in [3.63, 3.8) is 0 Å². The van der Waals surface area contributed by atoms with Crippen molar-refractivity contribution in [1.82, 2.24) is 0 Å². The minimum absolute atomic E-state index is 0.0895. The van der Waals surface area contributed by atoms with E-state index >= 15 is 0 Å². The number of aliphatic hydroxyl groups is 5. The maximum Gasteiger partial charge on any atom is 0.472 e. The molecule has 6 N–H and O–H groups in total. The highest BCUT2D eigenvalue weighted by Crippen LogP contribution is 2.47. The molecule has 1 aliphatic rings. The molecule has 0 radical (unpaired) electrons. The van der Waals surface area contributed by atoms with Crippen LogP contribution < -0.4 is 0 Å². The lowest BCUT2D eigenvalue weighted by Crippen LogP contribution is -2.64. The number of allylic oxidation sites excluding steroid dienone is 2. The smallest absolute Gasteiger partial charge is 0.462 e. The van der Waals surface area contributed by atoms with E-state index < -0.39 is 75.7 Å². The summed E-state index contributed by atoms with van der Waals surface area (Å²) in [5.41, 5.74) is 0. The number of carbonyl (C=O) groups excluding carboxylic acids is 2. The molecular formula is C47H89O13P. The zero-order valence-electron chi connectivity index (χ0n) is 38.2. The van der Waals surface area contributed by atoms with Crippen LogP contribution in [0.3, 0.4) is 0 Å². The van der Waals surface area contributed by atoms with Crippen molar-refractivity contribution in [2.75, 3.05) is 13.2 Å². The third-order valence-electron chi connectivity index (χ3n) is 11.6. The van der Waals surface area contributed by atoms with Crippen molar-refractivity contribution >= 4 is 19.8 Å². The van der Waals surface area contributed by atoms with Crippen molar-refractivity contribution < 1.29 is 63.1 Å². The number of unbranched alkanes of at least 4 members (excludes halogenated alkanes) is 27. The maximum absolute atomic E-state index is 12.8. The topological polar surface area (TPSA) is 210 Å². The number of carbonyl (C=O) groups is 2. The molecule has 0 aliphatic heterocycles. The minimum atomic E-state index is -5.11. The fourth-order valence-electron chi connectivity index (χ4n) is 7.64. The molecule has 1 saturated carbocycles. The highest BCUT2D eigenvalue weighted by atomic mass is 31.2. The quantitative estimate of drug-likeness (QED) is 0.0146. The van der Waals surface area contributed by atoms with Crippen LogP contribution in [0, 0.1) is 0 Å². The standard InChI is InChI=1S/C47H89O13P/c1-3-5-7-9-11-13-15-16-17-18-19-20-21-22-23-24-25-26-28-29-31-33-35-40(48)57-37-39(59-41(49)36-34-32-30-27-14-12-10-8-6-4-2)38-58-61(55,56)60-47-45(53)43(51)42(50)44(52)46(47)54/h8,10,39,42-47,50-54H,3-7,9,11-38H2,1-2H3,(H,55,56)/b10-8-. The Morgan fingerprint density at radius 1 is 0.492 bits per heavy atom. The van der Waals surface area contributed by atoms with E-state index in [9.17, 15) is 44.6 Å². The van der Waals surface area contributed by atoms with E-state index in [2.05, 4.69) is 26.0 Å². The first-order chi connectivity index (χ1) is 29.4. The first-order valence-corrected chi connectivity index (χ1v) is 26.0. The molecule has 0 heterocycles. The third-order valence-corrected chi connectivity index (χ3v) is 12.6. The summed E-state index contributed by atoms with van der Waals surface area (Å²) in [5.74, 6) is -1.10. The van der Waals surface area contributed by atoms with Gasteiger partial charge in [0.1, 0.15) is 43.2 Å². The predicted octanol–water partition coefficient (Wildman–Crippen LogP) is 9.84. The molecule has 0 aromatic heterocycles. The number of aliphatic hydroxyl groups excluding tert-OH is 5. The lowest BCUT2D eigenvalue weighted by molar-refractivity contribution is -0.220. The van der Waals surface area contributed by atoms with E-state index in [1.165, 1.54) is 116 Å². The van der Waals surface area contributed by atoms with Gasteiger partial charge in [0.05, 0.1) is 6.61 Å². The number of hydrogen-bond donors (Lipinski definition) is 6. The average molecular weight is 893 g/mol. The molecule has 0 amide bonds. The van der Waals surface area contributed by atoms with E-state index in [1.807, 2.05) is 0 Å². The Balaban J connectivity index is 2.33. The molecule has 6 atom stereocenters. The van der Waals surface area contributed by atoms with Crippen LogP contribution >= 0.6 is 7.82 Å². The number of phosphoric acid groups is 1. The molecule has 1 fully saturated rings. The highest BCUT2D eigenvalue weighted by Gasteiger charge is 2.51. The second-order valence-electron chi connectivity index (χ2n) is 17.3. The van der Waals surface area contributed by atoms with Crippen molar-refractivity contribution in [2.24, 2.45) is 0 Å². The summed E-state index contributed by atoms with van der Waals surface area (Å²) in [6.07, 6.45) is 27.2. The number of hydrogen-bond acceptors (Lipinski definition) is 12. The van der Waals surface area contributed by atoms with Gasteiger partial charge in [-0.05, 0) is 32.1 Å². The zero-order chi connectivity index (χ0) is 45.0. The zero-order valence-corrected chi connectivity index (χ0v) is 39.1. The summed E-state index contributed by atoms with van der Waals surface area (Å²) in [5, 5.41) is 50.1. The normalized spacial score (nSPS) is 22.0. The van der Waals surface area contributed by atoms with Gasteiger partial charge < -0.3 is 39.9 Å². The molecule has 0 aromatic rings. The van der Waals surface area contributed by atoms with Crippen LogP contribution in [0.1, 0.15) is 219 Å². The Labute approximate surface area is 369 Å². The SMILES string of the molecule is CCC/C=C\CCCCCCCC(=O)OC(COC(=O)CCCCCCCCCCCCCCCCCCCCCCCC)COP(=O)(O)OC1C(O)C(O)C(O)C(O)C1O.